The summed E-state index contributed by atoms with van der Waals surface area (Å²) in [5.74, 6) is 0.270. The summed E-state index contributed by atoms with van der Waals surface area (Å²) in [5.41, 5.74) is 3.60. The fraction of sp³-hybridized carbons (Fsp3) is 0.611. The van der Waals surface area contributed by atoms with E-state index in [2.05, 4.69) is 51.2 Å². The third-order valence-electron chi connectivity index (χ3n) is 5.17. The van der Waals surface area contributed by atoms with E-state index in [-0.39, 0.29) is 44.3 Å². The molecule has 0 aromatic heterocycles. The van der Waals surface area contributed by atoms with E-state index in [1.54, 1.807) is 0 Å². The number of rotatable bonds is 5. The van der Waals surface area contributed by atoms with Crippen molar-refractivity contribution in [2.24, 2.45) is 0 Å². The molecule has 1 fully saturated rings. The van der Waals surface area contributed by atoms with Crippen LogP contribution in [0.3, 0.4) is 0 Å². The minimum absolute atomic E-state index is 0. The van der Waals surface area contributed by atoms with Crippen LogP contribution in [0.1, 0.15) is 44.2 Å². The van der Waals surface area contributed by atoms with Crippen molar-refractivity contribution in [2.75, 3.05) is 23.8 Å². The predicted molar refractivity (Wildman–Crippen MR) is 95.1 cm³/mol. The molecule has 1 aromatic rings. The van der Waals surface area contributed by atoms with Crippen molar-refractivity contribution in [3.63, 3.8) is 0 Å². The van der Waals surface area contributed by atoms with Crippen molar-refractivity contribution in [3.8, 4) is 0 Å². The van der Waals surface area contributed by atoms with E-state index in [9.17, 15) is 4.79 Å². The molecule has 1 heterocycles. The SMILES string of the molecule is CCC(C(=O)Nc1c(C)cccc1C)[P+]1(CC)CCCC1.[Y]. The van der Waals surface area contributed by atoms with Crippen molar-refractivity contribution in [1.82, 2.24) is 0 Å². The Labute approximate surface area is 161 Å². The van der Waals surface area contributed by atoms with Gasteiger partial charge in [-0.05, 0) is 51.2 Å². The summed E-state index contributed by atoms with van der Waals surface area (Å²) >= 11 is 0. The van der Waals surface area contributed by atoms with Gasteiger partial charge in [-0.15, -0.1) is 0 Å². The third kappa shape index (κ3) is 4.19. The maximum absolute atomic E-state index is 12.9. The minimum Gasteiger partial charge on any atom is -0.322 e. The van der Waals surface area contributed by atoms with Gasteiger partial charge in [0.2, 0.25) is 0 Å². The Balaban J connectivity index is 0.00000242. The van der Waals surface area contributed by atoms with E-state index in [4.69, 9.17) is 0 Å². The molecule has 4 heteroatoms. The molecule has 1 unspecified atom stereocenters. The summed E-state index contributed by atoms with van der Waals surface area (Å²) in [4.78, 5) is 12.9. The van der Waals surface area contributed by atoms with Gasteiger partial charge in [-0.3, -0.25) is 4.79 Å². The first-order valence-electron chi connectivity index (χ1n) is 8.27. The van der Waals surface area contributed by atoms with Gasteiger partial charge < -0.3 is 5.32 Å². The van der Waals surface area contributed by atoms with Gasteiger partial charge in [-0.1, -0.05) is 25.1 Å². The number of carbonyl (C=O) groups is 1. The summed E-state index contributed by atoms with van der Waals surface area (Å²) in [5, 5.41) is 3.25. The Hall–Kier alpha value is 0.224. The van der Waals surface area contributed by atoms with Gasteiger partial charge >= 0.3 is 0 Å². The molecule has 0 spiro atoms. The van der Waals surface area contributed by atoms with Crippen molar-refractivity contribution in [2.45, 2.75) is 52.6 Å². The first kappa shape index (κ1) is 20.3. The molecule has 2 nitrogen and oxygen atoms in total. The van der Waals surface area contributed by atoms with Crippen LogP contribution in [0.2, 0.25) is 0 Å². The molecule has 1 amide bonds. The van der Waals surface area contributed by atoms with Crippen LogP contribution in [-0.2, 0) is 37.5 Å². The van der Waals surface area contributed by atoms with Gasteiger partial charge in [-0.2, -0.15) is 0 Å². The topological polar surface area (TPSA) is 29.1 Å². The van der Waals surface area contributed by atoms with E-state index in [0.29, 0.717) is 0 Å². The maximum Gasteiger partial charge on any atom is 0.265 e. The van der Waals surface area contributed by atoms with E-state index < -0.39 is 7.26 Å². The number of hydrogen-bond acceptors (Lipinski definition) is 1. The van der Waals surface area contributed by atoms with Crippen LogP contribution in [0.5, 0.6) is 0 Å². The van der Waals surface area contributed by atoms with Crippen molar-refractivity contribution >= 4 is 18.9 Å². The van der Waals surface area contributed by atoms with E-state index >= 15 is 0 Å². The average molecular weight is 395 g/mol. The number of anilines is 1. The Morgan fingerprint density at radius 2 is 1.73 bits per heavy atom. The quantitative estimate of drug-likeness (QED) is 0.710. The molecule has 119 valence electrons. The molecule has 1 saturated heterocycles. The molecule has 1 atom stereocenters. The van der Waals surface area contributed by atoms with Gasteiger partial charge in [-0.25, -0.2) is 0 Å². The van der Waals surface area contributed by atoms with Crippen LogP contribution in [0, 0.1) is 13.8 Å². The van der Waals surface area contributed by atoms with E-state index in [1.807, 2.05) is 0 Å². The second-order valence-corrected chi connectivity index (χ2v) is 11.0. The van der Waals surface area contributed by atoms with Crippen LogP contribution < -0.4 is 5.32 Å². The molecule has 1 aliphatic heterocycles. The molecular weight excluding hydrogens is 366 g/mol. The Bertz CT molecular complexity index is 492. The first-order valence-corrected chi connectivity index (χ1v) is 10.7. The smallest absolute Gasteiger partial charge is 0.265 e. The number of hydrogen-bond donors (Lipinski definition) is 1. The van der Waals surface area contributed by atoms with Crippen LogP contribution in [-0.4, -0.2) is 30.1 Å². The Morgan fingerprint density at radius 3 is 2.18 bits per heavy atom. The van der Waals surface area contributed by atoms with E-state index in [1.165, 1.54) is 31.3 Å². The maximum atomic E-state index is 12.9. The van der Waals surface area contributed by atoms with E-state index in [0.717, 1.165) is 23.2 Å². The normalized spacial score (nSPS) is 17.6. The summed E-state index contributed by atoms with van der Waals surface area (Å²) in [6, 6.07) is 6.20. The van der Waals surface area contributed by atoms with Gasteiger partial charge in [0, 0.05) is 45.7 Å². The zero-order chi connectivity index (χ0) is 15.5. The molecule has 0 saturated carbocycles. The molecule has 0 bridgehead atoms. The Morgan fingerprint density at radius 1 is 1.18 bits per heavy atom. The number of amides is 1. The van der Waals surface area contributed by atoms with Gasteiger partial charge in [0.25, 0.3) is 5.91 Å². The van der Waals surface area contributed by atoms with Gasteiger partial charge in [0.05, 0.1) is 18.5 Å². The number of carbonyl (C=O) groups excluding carboxylic acids is 1. The van der Waals surface area contributed by atoms with Crippen LogP contribution in [0.4, 0.5) is 5.69 Å². The van der Waals surface area contributed by atoms with Crippen LogP contribution >= 0.6 is 7.26 Å². The largest absolute Gasteiger partial charge is 0.322 e. The molecule has 1 radical (unpaired) electrons. The Kier molecular flexibility index (Phi) is 8.20. The minimum atomic E-state index is -1.07. The monoisotopic (exact) mass is 395 g/mol. The first-order chi connectivity index (χ1) is 10.0. The fourth-order valence-electron chi connectivity index (χ4n) is 3.85. The summed E-state index contributed by atoms with van der Waals surface area (Å²) < 4.78 is 0. The second kappa shape index (κ2) is 8.90. The summed E-state index contributed by atoms with van der Waals surface area (Å²) in [6.07, 6.45) is 7.51. The number of para-hydroxylation sites is 1. The molecule has 0 aliphatic carbocycles. The average Bonchev–Trinajstić information content (AvgIpc) is 2.94. The second-order valence-electron chi connectivity index (χ2n) is 6.37. The standard InChI is InChI=1S/C18H28NOP.Y/c1-5-16(21(6-2)12-7-8-13-21)18(20)19-17-14(3)10-9-11-15(17)4;/h9-11,16H,5-8,12-13H2,1-4H3;/p+1. The summed E-state index contributed by atoms with van der Waals surface area (Å²) in [7, 11) is -1.07. The molecule has 1 N–H and O–H groups in total. The van der Waals surface area contributed by atoms with Crippen LogP contribution in [0.25, 0.3) is 0 Å². The molecule has 1 aliphatic rings. The zero-order valence-corrected chi connectivity index (χ0v) is 18.2. The molecular formula is C18H29NOPY+. The summed E-state index contributed by atoms with van der Waals surface area (Å²) in [6.45, 7) is 8.63. The number of nitrogens with one attached hydrogen (secondary N) is 1. The fourth-order valence-corrected chi connectivity index (χ4v) is 8.82. The van der Waals surface area contributed by atoms with Gasteiger partial charge in [0.15, 0.2) is 0 Å². The number of aryl methyl sites for hydroxylation is 2. The van der Waals surface area contributed by atoms with Crippen molar-refractivity contribution in [1.29, 1.82) is 0 Å². The van der Waals surface area contributed by atoms with Crippen molar-refractivity contribution in [3.05, 3.63) is 29.3 Å². The molecule has 2 rings (SSSR count). The number of benzene rings is 1. The van der Waals surface area contributed by atoms with Crippen LogP contribution in [0.15, 0.2) is 18.2 Å². The molecule has 1 aromatic carbocycles. The molecule has 22 heavy (non-hydrogen) atoms. The van der Waals surface area contributed by atoms with Gasteiger partial charge in [0.1, 0.15) is 5.66 Å². The van der Waals surface area contributed by atoms with Crippen molar-refractivity contribution < 1.29 is 37.5 Å². The zero-order valence-electron chi connectivity index (χ0n) is 14.5. The third-order valence-corrected chi connectivity index (χ3v) is 10.8. The predicted octanol–water partition coefficient (Wildman–Crippen LogP) is 4.85.